The Balaban J connectivity index is 3.05. The van der Waals surface area contributed by atoms with Crippen LogP contribution in [0.25, 0.3) is 0 Å². The van der Waals surface area contributed by atoms with Gasteiger partial charge in [0.1, 0.15) is 0 Å². The lowest BCUT2D eigenvalue weighted by molar-refractivity contribution is 0.0635. The Morgan fingerprint density at radius 3 is 2.31 bits per heavy atom. The Morgan fingerprint density at radius 2 is 1.88 bits per heavy atom. The van der Waals surface area contributed by atoms with E-state index >= 15 is 0 Å². The fraction of sp³-hybridized carbons (Fsp3) is 1.00. The first kappa shape index (κ1) is 14.0. The highest BCUT2D eigenvalue weighted by atomic mass is 15.1. The maximum absolute atomic E-state index is 3.84. The monoisotopic (exact) mass is 226 g/mol. The molecule has 1 aliphatic heterocycles. The van der Waals surface area contributed by atoms with Crippen molar-refractivity contribution in [2.45, 2.75) is 53.5 Å². The molecule has 2 nitrogen and oxygen atoms in total. The van der Waals surface area contributed by atoms with Crippen LogP contribution in [0.1, 0.15) is 48.0 Å². The Kier molecular flexibility index (Phi) is 4.42. The zero-order valence-corrected chi connectivity index (χ0v) is 12.0. The molecule has 2 heteroatoms. The van der Waals surface area contributed by atoms with Gasteiger partial charge in [-0.15, -0.1) is 0 Å². The topological polar surface area (TPSA) is 24.1 Å². The summed E-state index contributed by atoms with van der Waals surface area (Å²) < 4.78 is 0. The van der Waals surface area contributed by atoms with Gasteiger partial charge in [0.2, 0.25) is 0 Å². The number of hydrogen-bond donors (Lipinski definition) is 2. The van der Waals surface area contributed by atoms with Crippen LogP contribution in [0, 0.1) is 17.3 Å². The van der Waals surface area contributed by atoms with Gasteiger partial charge in [-0.05, 0) is 23.7 Å². The molecule has 2 atom stereocenters. The molecule has 1 rings (SSSR count). The Hall–Kier alpha value is -0.0800. The first-order valence-electron chi connectivity index (χ1n) is 6.80. The third-order valence-corrected chi connectivity index (χ3v) is 4.39. The van der Waals surface area contributed by atoms with Gasteiger partial charge in [-0.25, -0.2) is 0 Å². The van der Waals surface area contributed by atoms with Crippen LogP contribution < -0.4 is 10.6 Å². The lowest BCUT2D eigenvalue weighted by atomic mass is 9.63. The highest BCUT2D eigenvalue weighted by molar-refractivity contribution is 5.02. The van der Waals surface area contributed by atoms with Gasteiger partial charge in [0.05, 0.1) is 0 Å². The van der Waals surface area contributed by atoms with Crippen molar-refractivity contribution in [2.24, 2.45) is 17.3 Å². The summed E-state index contributed by atoms with van der Waals surface area (Å²) in [5, 5.41) is 7.42. The van der Waals surface area contributed by atoms with E-state index in [0.717, 1.165) is 19.6 Å². The second-order valence-corrected chi connectivity index (χ2v) is 6.60. The zero-order chi connectivity index (χ0) is 12.4. The smallest absolute Gasteiger partial charge is 0.0247 e. The van der Waals surface area contributed by atoms with E-state index in [-0.39, 0.29) is 0 Å². The summed E-state index contributed by atoms with van der Waals surface area (Å²) in [6.45, 7) is 17.5. The summed E-state index contributed by atoms with van der Waals surface area (Å²) in [6, 6.07) is 0. The molecule has 0 bridgehead atoms. The van der Waals surface area contributed by atoms with Crippen molar-refractivity contribution in [1.29, 1.82) is 0 Å². The molecule has 0 aliphatic carbocycles. The minimum absolute atomic E-state index is 0.293. The zero-order valence-electron chi connectivity index (χ0n) is 12.0. The standard InChI is InChI=1S/C14H30N2/c1-7-14(11(2)3)12(13(4,5)6)10-15-8-9-16-14/h11-12,15-16H,7-10H2,1-6H3. The lowest BCUT2D eigenvalue weighted by Gasteiger charge is -2.49. The minimum atomic E-state index is 0.293. The molecule has 2 unspecified atom stereocenters. The van der Waals surface area contributed by atoms with Crippen molar-refractivity contribution in [1.82, 2.24) is 10.6 Å². The van der Waals surface area contributed by atoms with E-state index in [4.69, 9.17) is 0 Å². The summed E-state index contributed by atoms with van der Waals surface area (Å²) in [7, 11) is 0. The van der Waals surface area contributed by atoms with E-state index in [2.05, 4.69) is 52.2 Å². The van der Waals surface area contributed by atoms with E-state index in [9.17, 15) is 0 Å². The van der Waals surface area contributed by atoms with Crippen LogP contribution in [0.5, 0.6) is 0 Å². The Morgan fingerprint density at radius 1 is 1.25 bits per heavy atom. The van der Waals surface area contributed by atoms with Crippen molar-refractivity contribution in [3.05, 3.63) is 0 Å². The maximum atomic E-state index is 3.84. The molecule has 0 saturated carbocycles. The summed E-state index contributed by atoms with van der Waals surface area (Å²) in [4.78, 5) is 0. The van der Waals surface area contributed by atoms with Gasteiger partial charge in [-0.1, -0.05) is 41.5 Å². The molecule has 1 heterocycles. The van der Waals surface area contributed by atoms with Gasteiger partial charge in [-0.3, -0.25) is 0 Å². The molecule has 0 radical (unpaired) electrons. The van der Waals surface area contributed by atoms with E-state index in [1.165, 1.54) is 6.42 Å². The molecule has 0 amide bonds. The highest BCUT2D eigenvalue weighted by Crippen LogP contribution is 2.41. The lowest BCUT2D eigenvalue weighted by Crippen LogP contribution is -2.59. The quantitative estimate of drug-likeness (QED) is 0.756. The van der Waals surface area contributed by atoms with Gasteiger partial charge in [0.25, 0.3) is 0 Å². The number of rotatable bonds is 2. The van der Waals surface area contributed by atoms with Crippen LogP contribution in [-0.2, 0) is 0 Å². The number of nitrogens with one attached hydrogen (secondary N) is 2. The fourth-order valence-corrected chi connectivity index (χ4v) is 3.40. The van der Waals surface area contributed by atoms with E-state index in [1.807, 2.05) is 0 Å². The van der Waals surface area contributed by atoms with Crippen LogP contribution in [0.3, 0.4) is 0 Å². The fourth-order valence-electron chi connectivity index (χ4n) is 3.40. The first-order chi connectivity index (χ1) is 7.34. The second kappa shape index (κ2) is 5.05. The molecule has 0 aromatic rings. The van der Waals surface area contributed by atoms with E-state index < -0.39 is 0 Å². The molecule has 0 aromatic carbocycles. The summed E-state index contributed by atoms with van der Waals surface area (Å²) in [6.07, 6.45) is 1.22. The SMILES string of the molecule is CCC1(C(C)C)NCCNCC1C(C)(C)C. The minimum Gasteiger partial charge on any atom is -0.315 e. The van der Waals surface area contributed by atoms with Crippen LogP contribution in [0.15, 0.2) is 0 Å². The first-order valence-corrected chi connectivity index (χ1v) is 6.80. The summed E-state index contributed by atoms with van der Waals surface area (Å²) in [5.41, 5.74) is 0.645. The van der Waals surface area contributed by atoms with Crippen molar-refractivity contribution in [3.8, 4) is 0 Å². The van der Waals surface area contributed by atoms with Crippen molar-refractivity contribution < 1.29 is 0 Å². The Labute approximate surface area is 102 Å². The van der Waals surface area contributed by atoms with Crippen molar-refractivity contribution >= 4 is 0 Å². The van der Waals surface area contributed by atoms with Crippen molar-refractivity contribution in [3.63, 3.8) is 0 Å². The third-order valence-electron chi connectivity index (χ3n) is 4.39. The van der Waals surface area contributed by atoms with E-state index in [1.54, 1.807) is 0 Å². The molecule has 1 saturated heterocycles. The van der Waals surface area contributed by atoms with Gasteiger partial charge in [0.15, 0.2) is 0 Å². The van der Waals surface area contributed by atoms with Crippen LogP contribution in [0.2, 0.25) is 0 Å². The van der Waals surface area contributed by atoms with Crippen LogP contribution >= 0.6 is 0 Å². The predicted molar refractivity (Wildman–Crippen MR) is 71.7 cm³/mol. The van der Waals surface area contributed by atoms with Crippen LogP contribution in [0.4, 0.5) is 0 Å². The number of hydrogen-bond acceptors (Lipinski definition) is 2. The van der Waals surface area contributed by atoms with Gasteiger partial charge in [-0.2, -0.15) is 0 Å². The average Bonchev–Trinajstić information content (AvgIpc) is 2.38. The van der Waals surface area contributed by atoms with Gasteiger partial charge >= 0.3 is 0 Å². The molecule has 1 fully saturated rings. The largest absolute Gasteiger partial charge is 0.315 e. The van der Waals surface area contributed by atoms with Gasteiger partial charge < -0.3 is 10.6 Å². The third kappa shape index (κ3) is 2.60. The Bertz CT molecular complexity index is 217. The van der Waals surface area contributed by atoms with E-state index in [0.29, 0.717) is 22.8 Å². The summed E-state index contributed by atoms with van der Waals surface area (Å²) >= 11 is 0. The van der Waals surface area contributed by atoms with Crippen molar-refractivity contribution in [2.75, 3.05) is 19.6 Å². The molecule has 0 spiro atoms. The van der Waals surface area contributed by atoms with Crippen LogP contribution in [-0.4, -0.2) is 25.2 Å². The molecule has 1 aliphatic rings. The molecular formula is C14H30N2. The molecule has 0 aromatic heterocycles. The molecule has 16 heavy (non-hydrogen) atoms. The molecule has 96 valence electrons. The normalized spacial score (nSPS) is 32.8. The highest BCUT2D eigenvalue weighted by Gasteiger charge is 2.45. The predicted octanol–water partition coefficient (Wildman–Crippen LogP) is 2.65. The summed E-state index contributed by atoms with van der Waals surface area (Å²) in [5.74, 6) is 1.37. The van der Waals surface area contributed by atoms with Gasteiger partial charge in [0, 0.05) is 25.2 Å². The average molecular weight is 226 g/mol. The molecule has 2 N–H and O–H groups in total. The molecular weight excluding hydrogens is 196 g/mol. The second-order valence-electron chi connectivity index (χ2n) is 6.60. The maximum Gasteiger partial charge on any atom is 0.0247 e.